The molecule has 4 rings (SSSR count). The quantitative estimate of drug-likeness (QED) is 0.523. The zero-order chi connectivity index (χ0) is 17.9. The van der Waals surface area contributed by atoms with Crippen molar-refractivity contribution in [2.75, 3.05) is 5.32 Å². The molecule has 2 aromatic carbocycles. The van der Waals surface area contributed by atoms with Crippen LogP contribution in [0.1, 0.15) is 12.0 Å². The molecule has 6 heteroatoms. The van der Waals surface area contributed by atoms with Crippen molar-refractivity contribution in [3.05, 3.63) is 71.5 Å². The van der Waals surface area contributed by atoms with Gasteiger partial charge in [-0.1, -0.05) is 30.3 Å². The number of anilines is 1. The van der Waals surface area contributed by atoms with E-state index in [1.54, 1.807) is 12.3 Å². The third-order valence-electron chi connectivity index (χ3n) is 4.21. The van der Waals surface area contributed by atoms with Crippen LogP contribution < -0.4 is 5.32 Å². The zero-order valence-electron chi connectivity index (χ0n) is 13.8. The second-order valence-electron chi connectivity index (χ2n) is 5.92. The summed E-state index contributed by atoms with van der Waals surface area (Å²) in [5.41, 5.74) is 3.74. The summed E-state index contributed by atoms with van der Waals surface area (Å²) in [6.07, 6.45) is 2.45. The molecule has 4 nitrogen and oxygen atoms in total. The number of benzene rings is 2. The van der Waals surface area contributed by atoms with Crippen LogP contribution in [0.25, 0.3) is 22.2 Å². The first kappa shape index (κ1) is 16.5. The molecule has 1 amide bonds. The van der Waals surface area contributed by atoms with Gasteiger partial charge in [-0.25, -0.2) is 9.37 Å². The number of aryl methyl sites for hydroxylation is 1. The van der Waals surface area contributed by atoms with Crippen LogP contribution in [0.5, 0.6) is 0 Å². The summed E-state index contributed by atoms with van der Waals surface area (Å²) in [5.74, 6) is -0.394. The third-order valence-corrected chi connectivity index (χ3v) is 4.90. The van der Waals surface area contributed by atoms with Gasteiger partial charge in [-0.3, -0.25) is 4.79 Å². The van der Waals surface area contributed by atoms with Crippen LogP contribution >= 0.6 is 11.3 Å². The van der Waals surface area contributed by atoms with Crippen LogP contribution in [0, 0.1) is 5.82 Å². The predicted octanol–water partition coefficient (Wildman–Crippen LogP) is 5.00. The monoisotopic (exact) mass is 365 g/mol. The van der Waals surface area contributed by atoms with Gasteiger partial charge in [-0.15, -0.1) is 11.3 Å². The van der Waals surface area contributed by atoms with Crippen molar-refractivity contribution in [1.29, 1.82) is 0 Å². The number of hydrogen-bond acceptors (Lipinski definition) is 3. The summed E-state index contributed by atoms with van der Waals surface area (Å²) in [5, 5.41) is 6.00. The number of carbonyl (C=O) groups is 1. The molecular weight excluding hydrogens is 349 g/mol. The molecule has 130 valence electrons. The number of nitrogens with zero attached hydrogens (tertiary/aromatic N) is 1. The summed E-state index contributed by atoms with van der Waals surface area (Å²) >= 11 is 1.38. The Morgan fingerprint density at radius 1 is 1.19 bits per heavy atom. The van der Waals surface area contributed by atoms with Gasteiger partial charge in [0.05, 0.1) is 0 Å². The highest BCUT2D eigenvalue weighted by Gasteiger charge is 2.15. The number of rotatable bonds is 5. The van der Waals surface area contributed by atoms with Gasteiger partial charge in [-0.05, 0) is 35.7 Å². The van der Waals surface area contributed by atoms with E-state index in [4.69, 9.17) is 0 Å². The minimum absolute atomic E-state index is 0.107. The van der Waals surface area contributed by atoms with E-state index in [1.807, 2.05) is 35.7 Å². The lowest BCUT2D eigenvalue weighted by Gasteiger charge is -2.06. The van der Waals surface area contributed by atoms with E-state index >= 15 is 0 Å². The molecule has 2 heterocycles. The molecular formula is C20H16FN3OS. The molecule has 0 atom stereocenters. The van der Waals surface area contributed by atoms with E-state index < -0.39 is 0 Å². The van der Waals surface area contributed by atoms with Crippen LogP contribution in [0.2, 0.25) is 0 Å². The average molecular weight is 365 g/mol. The average Bonchev–Trinajstić information content (AvgIpc) is 3.28. The Hall–Kier alpha value is -2.99. The number of thiazole rings is 1. The van der Waals surface area contributed by atoms with Gasteiger partial charge in [0, 0.05) is 34.6 Å². The van der Waals surface area contributed by atoms with Crippen LogP contribution in [0.4, 0.5) is 9.52 Å². The molecule has 0 aliphatic carbocycles. The van der Waals surface area contributed by atoms with Crippen molar-refractivity contribution in [2.24, 2.45) is 0 Å². The van der Waals surface area contributed by atoms with Crippen molar-refractivity contribution in [1.82, 2.24) is 9.97 Å². The molecule has 0 bridgehead atoms. The Kier molecular flexibility index (Phi) is 4.50. The second-order valence-corrected chi connectivity index (χ2v) is 6.81. The van der Waals surface area contributed by atoms with Gasteiger partial charge in [0.2, 0.25) is 5.91 Å². The van der Waals surface area contributed by atoms with Crippen LogP contribution in [-0.2, 0) is 11.2 Å². The Bertz CT molecular complexity index is 1040. The van der Waals surface area contributed by atoms with E-state index in [9.17, 15) is 9.18 Å². The first-order valence-corrected chi connectivity index (χ1v) is 9.13. The first-order chi connectivity index (χ1) is 12.7. The lowest BCUT2D eigenvalue weighted by atomic mass is 10.0. The van der Waals surface area contributed by atoms with Gasteiger partial charge in [0.15, 0.2) is 5.13 Å². The molecule has 2 aromatic heterocycles. The number of aromatic nitrogens is 2. The van der Waals surface area contributed by atoms with Gasteiger partial charge in [-0.2, -0.15) is 0 Å². The number of hydrogen-bond donors (Lipinski definition) is 2. The Labute approximate surface area is 153 Å². The summed E-state index contributed by atoms with van der Waals surface area (Å²) in [4.78, 5) is 19.7. The summed E-state index contributed by atoms with van der Waals surface area (Å²) in [7, 11) is 0. The number of fused-ring (bicyclic) bond motifs is 1. The van der Waals surface area contributed by atoms with E-state index in [0.29, 0.717) is 18.0 Å². The smallest absolute Gasteiger partial charge is 0.226 e. The number of nitrogens with one attached hydrogen (secondary N) is 2. The van der Waals surface area contributed by atoms with Crippen molar-refractivity contribution >= 4 is 33.3 Å². The van der Waals surface area contributed by atoms with E-state index in [2.05, 4.69) is 15.3 Å². The molecule has 0 radical (unpaired) electrons. The Morgan fingerprint density at radius 3 is 2.81 bits per heavy atom. The highest BCUT2D eigenvalue weighted by molar-refractivity contribution is 7.13. The number of halogens is 1. The Morgan fingerprint density at radius 2 is 2.04 bits per heavy atom. The van der Waals surface area contributed by atoms with Crippen molar-refractivity contribution in [3.63, 3.8) is 0 Å². The number of amides is 1. The molecule has 0 aliphatic heterocycles. The van der Waals surface area contributed by atoms with Crippen LogP contribution in [0.3, 0.4) is 0 Å². The normalized spacial score (nSPS) is 11.0. The largest absolute Gasteiger partial charge is 0.354 e. The molecule has 0 spiro atoms. The number of aromatic amines is 1. The van der Waals surface area contributed by atoms with E-state index in [0.717, 1.165) is 27.7 Å². The minimum atomic E-state index is -0.287. The van der Waals surface area contributed by atoms with Gasteiger partial charge in [0.25, 0.3) is 0 Å². The fourth-order valence-electron chi connectivity index (χ4n) is 3.04. The van der Waals surface area contributed by atoms with Crippen molar-refractivity contribution in [3.8, 4) is 11.3 Å². The van der Waals surface area contributed by atoms with E-state index in [-0.39, 0.29) is 11.7 Å². The molecule has 0 saturated carbocycles. The lowest BCUT2D eigenvalue weighted by Crippen LogP contribution is -2.12. The van der Waals surface area contributed by atoms with Crippen molar-refractivity contribution < 1.29 is 9.18 Å². The first-order valence-electron chi connectivity index (χ1n) is 8.25. The van der Waals surface area contributed by atoms with Crippen LogP contribution in [-0.4, -0.2) is 15.9 Å². The van der Waals surface area contributed by atoms with Gasteiger partial charge in [0.1, 0.15) is 5.82 Å². The second kappa shape index (κ2) is 7.09. The summed E-state index contributed by atoms with van der Waals surface area (Å²) < 4.78 is 13.8. The highest BCUT2D eigenvalue weighted by atomic mass is 32.1. The molecule has 0 saturated heterocycles. The minimum Gasteiger partial charge on any atom is -0.354 e. The lowest BCUT2D eigenvalue weighted by molar-refractivity contribution is -0.116. The molecule has 0 unspecified atom stereocenters. The topological polar surface area (TPSA) is 57.8 Å². The van der Waals surface area contributed by atoms with Gasteiger partial charge < -0.3 is 10.3 Å². The fraction of sp³-hybridized carbons (Fsp3) is 0.100. The Balaban J connectivity index is 1.65. The summed E-state index contributed by atoms with van der Waals surface area (Å²) in [6.45, 7) is 0. The van der Waals surface area contributed by atoms with Crippen molar-refractivity contribution in [2.45, 2.75) is 12.8 Å². The molecule has 26 heavy (non-hydrogen) atoms. The predicted molar refractivity (Wildman–Crippen MR) is 103 cm³/mol. The fourth-order valence-corrected chi connectivity index (χ4v) is 3.58. The third kappa shape index (κ3) is 3.36. The highest BCUT2D eigenvalue weighted by Crippen LogP contribution is 2.32. The standard InChI is InChI=1S/C20H16FN3OS/c21-14-6-8-17-16(12-14)15(19(23-17)13-4-2-1-3-5-13)7-9-18(25)24-20-22-10-11-26-20/h1-6,8,10-12,23H,7,9H2,(H,22,24,25). The molecule has 0 aliphatic rings. The SMILES string of the molecule is O=C(CCc1c(-c2ccccc2)[nH]c2ccc(F)cc12)Nc1nccs1. The van der Waals surface area contributed by atoms with Gasteiger partial charge >= 0.3 is 0 Å². The number of carbonyl (C=O) groups excluding carboxylic acids is 1. The maximum Gasteiger partial charge on any atom is 0.226 e. The van der Waals surface area contributed by atoms with Crippen LogP contribution in [0.15, 0.2) is 60.1 Å². The molecule has 4 aromatic rings. The summed E-state index contributed by atoms with van der Waals surface area (Å²) in [6, 6.07) is 14.6. The molecule has 2 N–H and O–H groups in total. The van der Waals surface area contributed by atoms with E-state index in [1.165, 1.54) is 23.5 Å². The number of H-pyrrole nitrogens is 1. The maximum atomic E-state index is 13.8. The zero-order valence-corrected chi connectivity index (χ0v) is 14.6. The molecule has 0 fully saturated rings. The maximum absolute atomic E-state index is 13.8.